The van der Waals surface area contributed by atoms with E-state index in [2.05, 4.69) is 26.0 Å². The van der Waals surface area contributed by atoms with Gasteiger partial charge >= 0.3 is 0 Å². The average Bonchev–Trinajstić information content (AvgIpc) is 3.23. The summed E-state index contributed by atoms with van der Waals surface area (Å²) in [6.07, 6.45) is 1.74. The lowest BCUT2D eigenvalue weighted by molar-refractivity contribution is 0.0988. The Morgan fingerprint density at radius 1 is 1.22 bits per heavy atom. The predicted molar refractivity (Wildman–Crippen MR) is 112 cm³/mol. The second-order valence-corrected chi connectivity index (χ2v) is 8.17. The summed E-state index contributed by atoms with van der Waals surface area (Å²) in [5.41, 5.74) is 2.61. The van der Waals surface area contributed by atoms with E-state index >= 15 is 0 Å². The van der Waals surface area contributed by atoms with Gasteiger partial charge in [0.1, 0.15) is 4.83 Å². The van der Waals surface area contributed by atoms with Crippen molar-refractivity contribution in [2.75, 3.05) is 4.90 Å². The molecule has 0 aliphatic carbocycles. The Morgan fingerprint density at radius 2 is 2.00 bits per heavy atom. The molecule has 4 rings (SSSR count). The van der Waals surface area contributed by atoms with Crippen LogP contribution < -0.4 is 4.90 Å². The van der Waals surface area contributed by atoms with Crippen molar-refractivity contribution < 1.29 is 4.79 Å². The molecule has 136 valence electrons. The van der Waals surface area contributed by atoms with E-state index in [1.54, 1.807) is 11.1 Å². The van der Waals surface area contributed by atoms with Gasteiger partial charge < -0.3 is 4.90 Å². The van der Waals surface area contributed by atoms with Crippen molar-refractivity contribution in [1.29, 1.82) is 0 Å². The first kappa shape index (κ1) is 17.9. The molecule has 0 aliphatic rings. The fourth-order valence-electron chi connectivity index (χ4n) is 3.00. The number of carbonyl (C=O) groups is 1. The van der Waals surface area contributed by atoms with Gasteiger partial charge in [0.05, 0.1) is 22.8 Å². The lowest BCUT2D eigenvalue weighted by atomic mass is 10.2. The minimum Gasteiger partial charge on any atom is -0.302 e. The number of nitrogens with zero attached hydrogens (tertiary/aromatic N) is 4. The number of amides is 1. The van der Waals surface area contributed by atoms with E-state index in [9.17, 15) is 4.79 Å². The van der Waals surface area contributed by atoms with Crippen LogP contribution in [-0.4, -0.2) is 20.7 Å². The van der Waals surface area contributed by atoms with Crippen LogP contribution in [-0.2, 0) is 13.6 Å². The first-order chi connectivity index (χ1) is 13.0. The van der Waals surface area contributed by atoms with Gasteiger partial charge in [-0.05, 0) is 49.4 Å². The molecular formula is C20H17BrN4OS. The summed E-state index contributed by atoms with van der Waals surface area (Å²) in [6.45, 7) is 2.37. The SMILES string of the molecule is Cc1nn(C)c2sc(C(=O)N(Cc3ccccn3)c3ccc(Br)cc3)cc12. The molecule has 27 heavy (non-hydrogen) atoms. The third kappa shape index (κ3) is 3.52. The molecule has 1 amide bonds. The maximum Gasteiger partial charge on any atom is 0.268 e. The number of aryl methyl sites for hydroxylation is 2. The predicted octanol–water partition coefficient (Wildman–Crippen LogP) is 4.95. The van der Waals surface area contributed by atoms with E-state index < -0.39 is 0 Å². The molecular weight excluding hydrogens is 424 g/mol. The number of pyridine rings is 1. The van der Waals surface area contributed by atoms with Crippen molar-refractivity contribution in [3.05, 3.63) is 75.5 Å². The van der Waals surface area contributed by atoms with E-state index in [4.69, 9.17) is 0 Å². The Kier molecular flexibility index (Phi) is 4.80. The highest BCUT2D eigenvalue weighted by Gasteiger charge is 2.22. The number of benzene rings is 1. The Hall–Kier alpha value is -2.51. The molecule has 5 nitrogen and oxygen atoms in total. The third-order valence-corrected chi connectivity index (χ3v) is 6.06. The minimum absolute atomic E-state index is 0.0384. The molecule has 0 saturated carbocycles. The molecule has 0 radical (unpaired) electrons. The molecule has 0 N–H and O–H groups in total. The summed E-state index contributed by atoms with van der Waals surface area (Å²) in [4.78, 5) is 21.2. The van der Waals surface area contributed by atoms with Gasteiger partial charge in [0, 0.05) is 28.8 Å². The normalized spacial score (nSPS) is 11.1. The number of carbonyl (C=O) groups excluding carboxylic acids is 1. The molecule has 0 saturated heterocycles. The molecule has 3 aromatic heterocycles. The fraction of sp³-hybridized carbons (Fsp3) is 0.150. The highest BCUT2D eigenvalue weighted by molar-refractivity contribution is 9.10. The summed E-state index contributed by atoms with van der Waals surface area (Å²) in [7, 11) is 1.90. The Bertz CT molecular complexity index is 1070. The van der Waals surface area contributed by atoms with E-state index in [0.717, 1.165) is 31.8 Å². The fourth-order valence-corrected chi connectivity index (χ4v) is 4.34. The van der Waals surface area contributed by atoms with Gasteiger partial charge in [-0.1, -0.05) is 22.0 Å². The van der Waals surface area contributed by atoms with Crippen molar-refractivity contribution >= 4 is 49.1 Å². The molecule has 1 aromatic carbocycles. The van der Waals surface area contributed by atoms with E-state index in [0.29, 0.717) is 11.4 Å². The number of fused-ring (bicyclic) bond motifs is 1. The highest BCUT2D eigenvalue weighted by Crippen LogP contribution is 2.30. The van der Waals surface area contributed by atoms with Crippen LogP contribution >= 0.6 is 27.3 Å². The summed E-state index contributed by atoms with van der Waals surface area (Å²) in [5.74, 6) is -0.0384. The van der Waals surface area contributed by atoms with E-state index in [1.807, 2.05) is 67.2 Å². The molecule has 4 aromatic rings. The van der Waals surface area contributed by atoms with Gasteiger partial charge in [-0.3, -0.25) is 14.5 Å². The monoisotopic (exact) mass is 440 g/mol. The third-order valence-electron chi connectivity index (χ3n) is 4.34. The largest absolute Gasteiger partial charge is 0.302 e. The molecule has 0 aliphatic heterocycles. The second kappa shape index (κ2) is 7.25. The quantitative estimate of drug-likeness (QED) is 0.451. The first-order valence-corrected chi connectivity index (χ1v) is 10.0. The second-order valence-electron chi connectivity index (χ2n) is 6.23. The van der Waals surface area contributed by atoms with Crippen LogP contribution in [0.4, 0.5) is 5.69 Å². The standard InChI is InChI=1S/C20H17BrN4OS/c1-13-17-11-18(27-20(17)24(2)23-13)19(26)25(12-15-5-3-4-10-22-15)16-8-6-14(21)7-9-16/h3-11H,12H2,1-2H3. The molecule has 0 unspecified atom stereocenters. The number of hydrogen-bond donors (Lipinski definition) is 0. The maximum atomic E-state index is 13.4. The first-order valence-electron chi connectivity index (χ1n) is 8.43. The summed E-state index contributed by atoms with van der Waals surface area (Å²) >= 11 is 4.92. The van der Waals surface area contributed by atoms with Crippen molar-refractivity contribution in [3.8, 4) is 0 Å². The number of halogens is 1. The van der Waals surface area contributed by atoms with Crippen molar-refractivity contribution in [2.45, 2.75) is 13.5 Å². The smallest absolute Gasteiger partial charge is 0.268 e. The zero-order valence-corrected chi connectivity index (χ0v) is 17.3. The summed E-state index contributed by atoms with van der Waals surface area (Å²) < 4.78 is 2.80. The molecule has 0 atom stereocenters. The Labute approximate surface area is 169 Å². The molecule has 0 bridgehead atoms. The lowest BCUT2D eigenvalue weighted by Gasteiger charge is -2.22. The van der Waals surface area contributed by atoms with Crippen molar-refractivity contribution in [1.82, 2.24) is 14.8 Å². The summed E-state index contributed by atoms with van der Waals surface area (Å²) in [5, 5.41) is 5.45. The van der Waals surface area contributed by atoms with Gasteiger partial charge in [-0.25, -0.2) is 0 Å². The number of rotatable bonds is 4. The highest BCUT2D eigenvalue weighted by atomic mass is 79.9. The van der Waals surface area contributed by atoms with Crippen LogP contribution in [0.3, 0.4) is 0 Å². The van der Waals surface area contributed by atoms with Crippen molar-refractivity contribution in [3.63, 3.8) is 0 Å². The van der Waals surface area contributed by atoms with Crippen LogP contribution in [0.2, 0.25) is 0 Å². The number of thiophene rings is 1. The zero-order chi connectivity index (χ0) is 19.0. The lowest BCUT2D eigenvalue weighted by Crippen LogP contribution is -2.30. The Balaban J connectivity index is 1.74. The topological polar surface area (TPSA) is 51.0 Å². The van der Waals surface area contributed by atoms with Crippen LogP contribution in [0.1, 0.15) is 21.1 Å². The van der Waals surface area contributed by atoms with Crippen LogP contribution in [0.15, 0.2) is 59.2 Å². The van der Waals surface area contributed by atoms with E-state index in [1.165, 1.54) is 11.3 Å². The van der Waals surface area contributed by atoms with Crippen molar-refractivity contribution in [2.24, 2.45) is 7.05 Å². The molecule has 7 heteroatoms. The molecule has 3 heterocycles. The zero-order valence-electron chi connectivity index (χ0n) is 14.9. The number of anilines is 1. The van der Waals surface area contributed by atoms with Gasteiger partial charge in [0.15, 0.2) is 0 Å². The van der Waals surface area contributed by atoms with Gasteiger partial charge in [-0.2, -0.15) is 5.10 Å². The number of aromatic nitrogens is 3. The van der Waals surface area contributed by atoms with E-state index in [-0.39, 0.29) is 5.91 Å². The van der Waals surface area contributed by atoms with Crippen LogP contribution in [0.5, 0.6) is 0 Å². The maximum absolute atomic E-state index is 13.4. The molecule has 0 fully saturated rings. The van der Waals surface area contributed by atoms with Gasteiger partial charge in [0.25, 0.3) is 5.91 Å². The van der Waals surface area contributed by atoms with Gasteiger partial charge in [-0.15, -0.1) is 11.3 Å². The van der Waals surface area contributed by atoms with Crippen LogP contribution in [0, 0.1) is 6.92 Å². The molecule has 0 spiro atoms. The minimum atomic E-state index is -0.0384. The van der Waals surface area contributed by atoms with Crippen LogP contribution in [0.25, 0.3) is 10.2 Å². The average molecular weight is 441 g/mol. The number of hydrogen-bond acceptors (Lipinski definition) is 4. The van der Waals surface area contributed by atoms with Gasteiger partial charge in [0.2, 0.25) is 0 Å². The summed E-state index contributed by atoms with van der Waals surface area (Å²) in [6, 6.07) is 15.4. The Morgan fingerprint density at radius 3 is 2.67 bits per heavy atom.